The number of esters is 1. The molecule has 0 unspecified atom stereocenters. The van der Waals surface area contributed by atoms with E-state index in [0.29, 0.717) is 32.5 Å². The number of hydrogen-bond donors (Lipinski definition) is 0. The second kappa shape index (κ2) is 8.64. The molecule has 0 atom stereocenters. The molecule has 1 aliphatic heterocycles. The maximum absolute atomic E-state index is 13.0. The van der Waals surface area contributed by atoms with Gasteiger partial charge in [-0.25, -0.2) is 0 Å². The van der Waals surface area contributed by atoms with E-state index < -0.39 is 5.41 Å². The van der Waals surface area contributed by atoms with Gasteiger partial charge < -0.3 is 14.5 Å². The summed E-state index contributed by atoms with van der Waals surface area (Å²) in [7, 11) is 1.70. The lowest BCUT2D eigenvalue weighted by molar-refractivity contribution is -0.151. The predicted molar refractivity (Wildman–Crippen MR) is 109 cm³/mol. The molecule has 0 radical (unpaired) electrons. The van der Waals surface area contributed by atoms with Gasteiger partial charge in [-0.05, 0) is 50.3 Å². The molecule has 0 N–H and O–H groups in total. The van der Waals surface area contributed by atoms with Crippen LogP contribution in [0.15, 0.2) is 28.7 Å². The van der Waals surface area contributed by atoms with Crippen molar-refractivity contribution in [2.45, 2.75) is 38.0 Å². The minimum Gasteiger partial charge on any atom is -0.466 e. The van der Waals surface area contributed by atoms with Gasteiger partial charge in [-0.3, -0.25) is 14.4 Å². The van der Waals surface area contributed by atoms with Crippen LogP contribution >= 0.6 is 15.9 Å². The van der Waals surface area contributed by atoms with E-state index in [-0.39, 0.29) is 30.2 Å². The monoisotopic (exact) mass is 450 g/mol. The van der Waals surface area contributed by atoms with Crippen molar-refractivity contribution in [1.29, 1.82) is 0 Å². The fourth-order valence-corrected chi connectivity index (χ4v) is 4.15. The Morgan fingerprint density at radius 2 is 1.79 bits per heavy atom. The summed E-state index contributed by atoms with van der Waals surface area (Å²) in [6.07, 6.45) is 2.87. The number of halogens is 1. The number of piperidine rings is 1. The van der Waals surface area contributed by atoms with E-state index in [1.54, 1.807) is 23.8 Å². The van der Waals surface area contributed by atoms with E-state index in [1.165, 1.54) is 0 Å². The van der Waals surface area contributed by atoms with Crippen molar-refractivity contribution in [3.63, 3.8) is 0 Å². The number of amides is 2. The highest BCUT2D eigenvalue weighted by Gasteiger charge is 2.52. The van der Waals surface area contributed by atoms with E-state index in [4.69, 9.17) is 4.74 Å². The van der Waals surface area contributed by atoms with Crippen LogP contribution in [0.2, 0.25) is 0 Å². The Morgan fingerprint density at radius 3 is 2.32 bits per heavy atom. The smallest absolute Gasteiger partial charge is 0.309 e. The fraction of sp³-hybridized carbons (Fsp3) is 0.571. The molecule has 1 saturated heterocycles. The Balaban J connectivity index is 1.54. The van der Waals surface area contributed by atoms with E-state index in [9.17, 15) is 14.4 Å². The second-order valence-electron chi connectivity index (χ2n) is 7.66. The third-order valence-electron chi connectivity index (χ3n) is 5.74. The summed E-state index contributed by atoms with van der Waals surface area (Å²) in [6, 6.07) is 7.85. The first-order valence-electron chi connectivity index (χ1n) is 9.83. The molecule has 28 heavy (non-hydrogen) atoms. The van der Waals surface area contributed by atoms with Crippen LogP contribution in [-0.2, 0) is 24.5 Å². The molecule has 3 rings (SSSR count). The normalized spacial score (nSPS) is 18.5. The lowest BCUT2D eigenvalue weighted by Crippen LogP contribution is -2.47. The quantitative estimate of drug-likeness (QED) is 0.624. The van der Waals surface area contributed by atoms with Crippen LogP contribution in [0.5, 0.6) is 0 Å². The number of benzene rings is 1. The molecular formula is C21H27BrN2O4. The summed E-state index contributed by atoms with van der Waals surface area (Å²) in [5, 5.41) is 0. The molecule has 0 aromatic heterocycles. The Labute approximate surface area is 174 Å². The van der Waals surface area contributed by atoms with Crippen LogP contribution in [0.1, 0.15) is 38.2 Å². The van der Waals surface area contributed by atoms with Gasteiger partial charge >= 0.3 is 5.97 Å². The van der Waals surface area contributed by atoms with E-state index in [1.807, 2.05) is 24.3 Å². The van der Waals surface area contributed by atoms with Crippen LogP contribution < -0.4 is 0 Å². The summed E-state index contributed by atoms with van der Waals surface area (Å²) in [5.41, 5.74) is 0.530. The first-order valence-corrected chi connectivity index (χ1v) is 10.6. The Hall–Kier alpha value is -1.89. The van der Waals surface area contributed by atoms with Gasteiger partial charge in [-0.1, -0.05) is 28.1 Å². The molecule has 1 aliphatic carbocycles. The molecule has 7 heteroatoms. The highest BCUT2D eigenvalue weighted by atomic mass is 79.9. The van der Waals surface area contributed by atoms with Crippen LogP contribution in [0.4, 0.5) is 0 Å². The SMILES string of the molecule is CCOC(=O)C1CCN(C(=O)CN(C)C(=O)C2(c3ccc(Br)cc3)CC2)CC1. The van der Waals surface area contributed by atoms with Gasteiger partial charge in [-0.2, -0.15) is 0 Å². The zero-order valence-corrected chi connectivity index (χ0v) is 18.0. The molecule has 1 aromatic rings. The minimum atomic E-state index is -0.480. The lowest BCUT2D eigenvalue weighted by Gasteiger charge is -2.32. The van der Waals surface area contributed by atoms with Crippen molar-refractivity contribution < 1.29 is 19.1 Å². The molecule has 2 fully saturated rings. The first-order chi connectivity index (χ1) is 13.4. The summed E-state index contributed by atoms with van der Waals surface area (Å²) in [5.74, 6) is -0.364. The molecule has 2 amide bonds. The number of rotatable bonds is 6. The number of likely N-dealkylation sites (N-methyl/N-ethyl adjacent to an activating group) is 1. The average molecular weight is 451 g/mol. The fourth-order valence-electron chi connectivity index (χ4n) is 3.88. The van der Waals surface area contributed by atoms with Crippen molar-refractivity contribution in [3.05, 3.63) is 34.3 Å². The maximum atomic E-state index is 13.0. The third-order valence-corrected chi connectivity index (χ3v) is 6.27. The van der Waals surface area contributed by atoms with Crippen LogP contribution in [-0.4, -0.2) is 60.9 Å². The van der Waals surface area contributed by atoms with E-state index in [0.717, 1.165) is 22.9 Å². The number of nitrogens with zero attached hydrogens (tertiary/aromatic N) is 2. The second-order valence-corrected chi connectivity index (χ2v) is 8.57. The standard InChI is InChI=1S/C21H27BrN2O4/c1-3-28-19(26)15-8-12-24(13-9-15)18(25)14-23(2)20(27)21(10-11-21)16-4-6-17(22)7-5-16/h4-7,15H,3,8-14H2,1-2H3. The van der Waals surface area contributed by atoms with Gasteiger partial charge in [0.05, 0.1) is 24.5 Å². The van der Waals surface area contributed by atoms with Gasteiger partial charge in [-0.15, -0.1) is 0 Å². The van der Waals surface area contributed by atoms with Crippen molar-refractivity contribution in [1.82, 2.24) is 9.80 Å². The van der Waals surface area contributed by atoms with Gasteiger partial charge in [0.25, 0.3) is 0 Å². The Morgan fingerprint density at radius 1 is 1.18 bits per heavy atom. The van der Waals surface area contributed by atoms with E-state index >= 15 is 0 Å². The molecule has 2 aliphatic rings. The van der Waals surface area contributed by atoms with Crippen LogP contribution in [0.25, 0.3) is 0 Å². The van der Waals surface area contributed by atoms with Gasteiger partial charge in [0.15, 0.2) is 0 Å². The molecular weight excluding hydrogens is 424 g/mol. The number of hydrogen-bond acceptors (Lipinski definition) is 4. The average Bonchev–Trinajstić information content (AvgIpc) is 3.50. The number of carbonyl (C=O) groups is 3. The predicted octanol–water partition coefficient (Wildman–Crippen LogP) is 2.74. The molecule has 152 valence electrons. The van der Waals surface area contributed by atoms with Crippen molar-refractivity contribution in [3.8, 4) is 0 Å². The summed E-state index contributed by atoms with van der Waals surface area (Å²) in [6.45, 7) is 3.31. The van der Waals surface area contributed by atoms with E-state index in [2.05, 4.69) is 15.9 Å². The van der Waals surface area contributed by atoms with Gasteiger partial charge in [0, 0.05) is 24.6 Å². The molecule has 6 nitrogen and oxygen atoms in total. The topological polar surface area (TPSA) is 66.9 Å². The maximum Gasteiger partial charge on any atom is 0.309 e. The lowest BCUT2D eigenvalue weighted by atomic mass is 9.94. The van der Waals surface area contributed by atoms with Crippen molar-refractivity contribution in [2.75, 3.05) is 33.3 Å². The summed E-state index contributed by atoms with van der Waals surface area (Å²) in [4.78, 5) is 40.8. The van der Waals surface area contributed by atoms with Gasteiger partial charge in [0.1, 0.15) is 0 Å². The van der Waals surface area contributed by atoms with Crippen molar-refractivity contribution >= 4 is 33.7 Å². The molecule has 1 saturated carbocycles. The third kappa shape index (κ3) is 4.40. The highest BCUT2D eigenvalue weighted by molar-refractivity contribution is 9.10. The zero-order chi connectivity index (χ0) is 20.3. The molecule has 1 heterocycles. The molecule has 0 spiro atoms. The Kier molecular flexibility index (Phi) is 6.43. The molecule has 1 aromatic carbocycles. The van der Waals surface area contributed by atoms with Crippen molar-refractivity contribution in [2.24, 2.45) is 5.92 Å². The van der Waals surface area contributed by atoms with Crippen LogP contribution in [0.3, 0.4) is 0 Å². The number of ether oxygens (including phenoxy) is 1. The summed E-state index contributed by atoms with van der Waals surface area (Å²) < 4.78 is 6.05. The number of likely N-dealkylation sites (tertiary alicyclic amines) is 1. The molecule has 0 bridgehead atoms. The minimum absolute atomic E-state index is 0.00424. The Bertz CT molecular complexity index is 737. The largest absolute Gasteiger partial charge is 0.466 e. The van der Waals surface area contributed by atoms with Crippen LogP contribution in [0, 0.1) is 5.92 Å². The first kappa shape index (κ1) is 20.8. The number of carbonyl (C=O) groups excluding carboxylic acids is 3. The zero-order valence-electron chi connectivity index (χ0n) is 16.4. The van der Waals surface area contributed by atoms with Gasteiger partial charge in [0.2, 0.25) is 11.8 Å². The highest BCUT2D eigenvalue weighted by Crippen LogP contribution is 2.49. The summed E-state index contributed by atoms with van der Waals surface area (Å²) >= 11 is 3.42.